The van der Waals surface area contributed by atoms with Crippen molar-refractivity contribution in [2.45, 2.75) is 6.42 Å². The molecule has 1 heterocycles. The first-order valence-corrected chi connectivity index (χ1v) is 6.55. The van der Waals surface area contributed by atoms with Gasteiger partial charge in [-0.3, -0.25) is 4.98 Å². The molecule has 2 aromatic rings. The first-order chi connectivity index (χ1) is 8.78. The number of halogens is 1. The molecular formula is C14H15BrN2O. The predicted molar refractivity (Wildman–Crippen MR) is 77.1 cm³/mol. The zero-order chi connectivity index (χ0) is 12.8. The minimum atomic E-state index is 0.838. The molecule has 0 amide bonds. The molecule has 0 saturated heterocycles. The molecule has 94 valence electrons. The second kappa shape index (κ2) is 6.40. The summed E-state index contributed by atoms with van der Waals surface area (Å²) >= 11 is 3.46. The fourth-order valence-corrected chi connectivity index (χ4v) is 2.14. The summed E-state index contributed by atoms with van der Waals surface area (Å²) in [5, 5.41) is 3.36. The van der Waals surface area contributed by atoms with Crippen molar-refractivity contribution in [1.29, 1.82) is 0 Å². The molecule has 0 aliphatic carbocycles. The lowest BCUT2D eigenvalue weighted by atomic mass is 10.2. The molecular weight excluding hydrogens is 292 g/mol. The highest BCUT2D eigenvalue weighted by Crippen LogP contribution is 2.24. The Kier molecular flexibility index (Phi) is 4.59. The van der Waals surface area contributed by atoms with Crippen LogP contribution in [0.2, 0.25) is 0 Å². The van der Waals surface area contributed by atoms with Crippen LogP contribution < -0.4 is 10.1 Å². The van der Waals surface area contributed by atoms with Gasteiger partial charge in [-0.2, -0.15) is 0 Å². The predicted octanol–water partition coefficient (Wildman–Crippen LogP) is 3.51. The van der Waals surface area contributed by atoms with Crippen LogP contribution in [0.5, 0.6) is 5.75 Å². The van der Waals surface area contributed by atoms with Crippen molar-refractivity contribution in [2.24, 2.45) is 0 Å². The van der Waals surface area contributed by atoms with Crippen LogP contribution in [-0.2, 0) is 6.42 Å². The Balaban J connectivity index is 1.92. The van der Waals surface area contributed by atoms with E-state index in [4.69, 9.17) is 4.74 Å². The van der Waals surface area contributed by atoms with Gasteiger partial charge in [0.25, 0.3) is 0 Å². The van der Waals surface area contributed by atoms with Crippen molar-refractivity contribution in [3.63, 3.8) is 0 Å². The van der Waals surface area contributed by atoms with Gasteiger partial charge in [0, 0.05) is 41.1 Å². The van der Waals surface area contributed by atoms with Crippen LogP contribution in [0.3, 0.4) is 0 Å². The monoisotopic (exact) mass is 306 g/mol. The molecule has 4 heteroatoms. The van der Waals surface area contributed by atoms with Gasteiger partial charge in [-0.15, -0.1) is 0 Å². The van der Waals surface area contributed by atoms with E-state index in [1.54, 1.807) is 7.11 Å². The maximum Gasteiger partial charge on any atom is 0.122 e. The van der Waals surface area contributed by atoms with Gasteiger partial charge in [-0.25, -0.2) is 0 Å². The Hall–Kier alpha value is -1.55. The summed E-state index contributed by atoms with van der Waals surface area (Å²) in [7, 11) is 1.67. The molecule has 0 spiro atoms. The maximum absolute atomic E-state index is 5.22. The van der Waals surface area contributed by atoms with E-state index in [2.05, 4.69) is 26.2 Å². The lowest BCUT2D eigenvalue weighted by molar-refractivity contribution is 0.414. The highest BCUT2D eigenvalue weighted by molar-refractivity contribution is 9.10. The molecule has 0 aliphatic heterocycles. The molecule has 0 radical (unpaired) electrons. The van der Waals surface area contributed by atoms with Crippen LogP contribution in [0, 0.1) is 0 Å². The second-order valence-electron chi connectivity index (χ2n) is 3.88. The molecule has 1 N–H and O–H groups in total. The Labute approximate surface area is 115 Å². The quantitative estimate of drug-likeness (QED) is 0.918. The molecule has 18 heavy (non-hydrogen) atoms. The fraction of sp³-hybridized carbons (Fsp3) is 0.214. The highest BCUT2D eigenvalue weighted by atomic mass is 79.9. The van der Waals surface area contributed by atoms with Gasteiger partial charge >= 0.3 is 0 Å². The summed E-state index contributed by atoms with van der Waals surface area (Å²) in [6, 6.07) is 11.9. The number of ether oxygens (including phenoxy) is 1. The number of hydrogen-bond acceptors (Lipinski definition) is 3. The third kappa shape index (κ3) is 3.74. The van der Waals surface area contributed by atoms with Gasteiger partial charge in [0.2, 0.25) is 0 Å². The highest BCUT2D eigenvalue weighted by Gasteiger charge is 1.99. The van der Waals surface area contributed by atoms with Crippen molar-refractivity contribution in [3.05, 3.63) is 52.8 Å². The van der Waals surface area contributed by atoms with Crippen LogP contribution >= 0.6 is 15.9 Å². The number of methoxy groups -OCH3 is 1. The number of benzene rings is 1. The normalized spacial score (nSPS) is 10.1. The van der Waals surface area contributed by atoms with Crippen LogP contribution in [0.4, 0.5) is 5.69 Å². The first-order valence-electron chi connectivity index (χ1n) is 5.76. The van der Waals surface area contributed by atoms with Gasteiger partial charge in [-0.1, -0.05) is 22.0 Å². The molecule has 0 bridgehead atoms. The Morgan fingerprint density at radius 3 is 2.89 bits per heavy atom. The summed E-state index contributed by atoms with van der Waals surface area (Å²) in [6.45, 7) is 0.844. The average Bonchev–Trinajstić information content (AvgIpc) is 2.39. The maximum atomic E-state index is 5.22. The SMILES string of the molecule is COc1cc(Br)cc(NCCc2ccccn2)c1. The number of aromatic nitrogens is 1. The number of anilines is 1. The van der Waals surface area contributed by atoms with Crippen molar-refractivity contribution < 1.29 is 4.74 Å². The molecule has 0 aliphatic rings. The molecule has 0 fully saturated rings. The number of rotatable bonds is 5. The first kappa shape index (κ1) is 12.9. The van der Waals surface area contributed by atoms with Crippen molar-refractivity contribution in [2.75, 3.05) is 19.0 Å². The fourth-order valence-electron chi connectivity index (χ4n) is 1.66. The molecule has 0 unspecified atom stereocenters. The van der Waals surface area contributed by atoms with Crippen LogP contribution in [0.25, 0.3) is 0 Å². The molecule has 0 atom stereocenters. The van der Waals surface area contributed by atoms with Crippen molar-refractivity contribution >= 4 is 21.6 Å². The summed E-state index contributed by atoms with van der Waals surface area (Å²) in [5.41, 5.74) is 2.13. The summed E-state index contributed by atoms with van der Waals surface area (Å²) in [6.07, 6.45) is 2.72. The number of hydrogen-bond donors (Lipinski definition) is 1. The minimum Gasteiger partial charge on any atom is -0.497 e. The van der Waals surface area contributed by atoms with Gasteiger partial charge in [0.1, 0.15) is 5.75 Å². The van der Waals surface area contributed by atoms with Crippen molar-refractivity contribution in [1.82, 2.24) is 4.98 Å². The topological polar surface area (TPSA) is 34.1 Å². The van der Waals surface area contributed by atoms with Gasteiger partial charge in [0.15, 0.2) is 0 Å². The molecule has 2 rings (SSSR count). The second-order valence-corrected chi connectivity index (χ2v) is 4.79. The lowest BCUT2D eigenvalue weighted by Gasteiger charge is -2.08. The zero-order valence-electron chi connectivity index (χ0n) is 10.2. The molecule has 3 nitrogen and oxygen atoms in total. The van der Waals surface area contributed by atoms with Crippen molar-refractivity contribution in [3.8, 4) is 5.75 Å². The smallest absolute Gasteiger partial charge is 0.122 e. The van der Waals surface area contributed by atoms with Gasteiger partial charge < -0.3 is 10.1 Å². The van der Waals surface area contributed by atoms with Crippen LogP contribution in [0.15, 0.2) is 47.1 Å². The molecule has 0 saturated carbocycles. The van der Waals surface area contributed by atoms with E-state index in [0.717, 1.165) is 34.6 Å². The summed E-state index contributed by atoms with van der Waals surface area (Å²) in [5.74, 6) is 0.838. The number of pyridine rings is 1. The van der Waals surface area contributed by atoms with Crippen LogP contribution in [-0.4, -0.2) is 18.6 Å². The summed E-state index contributed by atoms with van der Waals surface area (Å²) in [4.78, 5) is 4.29. The van der Waals surface area contributed by atoms with Gasteiger partial charge in [-0.05, 0) is 24.3 Å². The largest absolute Gasteiger partial charge is 0.497 e. The number of nitrogens with one attached hydrogen (secondary N) is 1. The van der Waals surface area contributed by atoms with E-state index < -0.39 is 0 Å². The van der Waals surface area contributed by atoms with Gasteiger partial charge in [0.05, 0.1) is 7.11 Å². The third-order valence-corrected chi connectivity index (χ3v) is 3.00. The Morgan fingerprint density at radius 2 is 2.17 bits per heavy atom. The Morgan fingerprint density at radius 1 is 1.28 bits per heavy atom. The standard InChI is InChI=1S/C14H15BrN2O/c1-18-14-9-11(15)8-13(10-14)17-7-5-12-4-2-3-6-16-12/h2-4,6,8-10,17H,5,7H2,1H3. The minimum absolute atomic E-state index is 0.838. The van der Waals surface area contributed by atoms with E-state index in [1.165, 1.54) is 0 Å². The zero-order valence-corrected chi connectivity index (χ0v) is 11.8. The Bertz CT molecular complexity index is 502. The van der Waals surface area contributed by atoms with E-state index in [1.807, 2.05) is 42.6 Å². The third-order valence-electron chi connectivity index (χ3n) is 2.54. The van der Waals surface area contributed by atoms with Crippen LogP contribution in [0.1, 0.15) is 5.69 Å². The average molecular weight is 307 g/mol. The molecule has 1 aromatic carbocycles. The molecule has 1 aromatic heterocycles. The van der Waals surface area contributed by atoms with E-state index in [0.29, 0.717) is 0 Å². The van der Waals surface area contributed by atoms with E-state index >= 15 is 0 Å². The summed E-state index contributed by atoms with van der Waals surface area (Å²) < 4.78 is 6.22. The lowest BCUT2D eigenvalue weighted by Crippen LogP contribution is -2.05. The van der Waals surface area contributed by atoms with E-state index in [-0.39, 0.29) is 0 Å². The number of nitrogens with zero attached hydrogens (tertiary/aromatic N) is 1. The van der Waals surface area contributed by atoms with E-state index in [9.17, 15) is 0 Å².